The van der Waals surface area contributed by atoms with Crippen LogP contribution < -0.4 is 14.8 Å². The quantitative estimate of drug-likeness (QED) is 0.245. The number of guanidine groups is 1. The van der Waals surface area contributed by atoms with E-state index in [0.29, 0.717) is 30.6 Å². The number of ether oxygens (including phenoxy) is 3. The second kappa shape index (κ2) is 15.0. The third-order valence-corrected chi connectivity index (χ3v) is 5.37. The van der Waals surface area contributed by atoms with Gasteiger partial charge in [-0.1, -0.05) is 36.4 Å². The van der Waals surface area contributed by atoms with Crippen molar-refractivity contribution in [3.63, 3.8) is 0 Å². The van der Waals surface area contributed by atoms with E-state index >= 15 is 0 Å². The molecule has 182 valence electrons. The van der Waals surface area contributed by atoms with Crippen molar-refractivity contribution < 1.29 is 19.3 Å². The summed E-state index contributed by atoms with van der Waals surface area (Å²) in [7, 11) is 1.61. The molecule has 33 heavy (non-hydrogen) atoms. The van der Waals surface area contributed by atoms with Crippen molar-refractivity contribution in [2.45, 2.75) is 26.5 Å². The van der Waals surface area contributed by atoms with Crippen LogP contribution in [0.5, 0.6) is 11.5 Å². The highest BCUT2D eigenvalue weighted by atomic mass is 127. The molecule has 7 nitrogen and oxygen atoms in total. The highest BCUT2D eigenvalue weighted by molar-refractivity contribution is 14.0. The molecule has 1 aliphatic heterocycles. The summed E-state index contributed by atoms with van der Waals surface area (Å²) in [5.41, 5.74) is 2.25. The number of aliphatic hydroxyl groups is 1. The molecule has 1 aliphatic rings. The predicted octanol–water partition coefficient (Wildman–Crippen LogP) is 3.69. The van der Waals surface area contributed by atoms with Crippen molar-refractivity contribution in [1.82, 2.24) is 10.2 Å². The number of likely N-dealkylation sites (tertiary alicyclic amines) is 1. The fraction of sp³-hybridized carbons (Fsp3) is 0.480. The molecule has 1 saturated heterocycles. The number of aliphatic imine (C=N–C) groups is 1. The molecule has 3 rings (SSSR count). The molecule has 8 heteroatoms. The van der Waals surface area contributed by atoms with E-state index in [0.717, 1.165) is 44.2 Å². The average molecular weight is 569 g/mol. The van der Waals surface area contributed by atoms with Gasteiger partial charge < -0.3 is 29.5 Å². The third-order valence-electron chi connectivity index (χ3n) is 5.37. The highest BCUT2D eigenvalue weighted by Gasteiger charge is 2.25. The first-order valence-corrected chi connectivity index (χ1v) is 11.3. The van der Waals surface area contributed by atoms with Crippen LogP contribution in [0.3, 0.4) is 0 Å². The van der Waals surface area contributed by atoms with Gasteiger partial charge in [0.25, 0.3) is 0 Å². The summed E-state index contributed by atoms with van der Waals surface area (Å²) in [6, 6.07) is 16.1. The van der Waals surface area contributed by atoms with Crippen molar-refractivity contribution >= 4 is 29.9 Å². The van der Waals surface area contributed by atoms with Gasteiger partial charge in [-0.2, -0.15) is 0 Å². The van der Waals surface area contributed by atoms with E-state index in [1.807, 2.05) is 36.4 Å². The van der Waals surface area contributed by atoms with Gasteiger partial charge in [0, 0.05) is 25.6 Å². The Bertz CT molecular complexity index is 851. The van der Waals surface area contributed by atoms with Gasteiger partial charge in [-0.05, 0) is 36.6 Å². The summed E-state index contributed by atoms with van der Waals surface area (Å²) in [4.78, 5) is 7.17. The molecule has 1 fully saturated rings. The fourth-order valence-corrected chi connectivity index (χ4v) is 3.76. The molecular formula is C25H36IN3O4. The highest BCUT2D eigenvalue weighted by Crippen LogP contribution is 2.28. The van der Waals surface area contributed by atoms with Gasteiger partial charge in [0.05, 0.1) is 33.5 Å². The molecular weight excluding hydrogens is 533 g/mol. The van der Waals surface area contributed by atoms with Crippen LogP contribution in [0.15, 0.2) is 53.5 Å². The Morgan fingerprint density at radius 2 is 1.97 bits per heavy atom. The van der Waals surface area contributed by atoms with Gasteiger partial charge in [0.15, 0.2) is 17.5 Å². The lowest BCUT2D eigenvalue weighted by Gasteiger charge is -2.22. The number of nitrogens with one attached hydrogen (secondary N) is 1. The number of halogens is 1. The summed E-state index contributed by atoms with van der Waals surface area (Å²) >= 11 is 0. The SMILES string of the molecule is CCNC(=NCc1ccc(OCCO)c(OC)c1)N1CCC(COCc2ccccc2)C1.I. The minimum absolute atomic E-state index is 0. The molecule has 0 bridgehead atoms. The Morgan fingerprint density at radius 1 is 1.15 bits per heavy atom. The minimum Gasteiger partial charge on any atom is -0.493 e. The van der Waals surface area contributed by atoms with Gasteiger partial charge in [0.2, 0.25) is 0 Å². The predicted molar refractivity (Wildman–Crippen MR) is 142 cm³/mol. The Hall–Kier alpha value is -2.04. The van der Waals surface area contributed by atoms with Gasteiger partial charge in [-0.3, -0.25) is 0 Å². The van der Waals surface area contributed by atoms with Crippen molar-refractivity contribution in [2.24, 2.45) is 10.9 Å². The molecule has 0 spiro atoms. The number of nitrogens with zero attached hydrogens (tertiary/aromatic N) is 2. The van der Waals surface area contributed by atoms with E-state index in [4.69, 9.17) is 24.3 Å². The smallest absolute Gasteiger partial charge is 0.194 e. The van der Waals surface area contributed by atoms with Crippen LogP contribution in [-0.2, 0) is 17.9 Å². The van der Waals surface area contributed by atoms with Crippen molar-refractivity contribution in [3.05, 3.63) is 59.7 Å². The zero-order valence-corrected chi connectivity index (χ0v) is 21.9. The maximum absolute atomic E-state index is 8.96. The molecule has 2 aromatic rings. The molecule has 1 unspecified atom stereocenters. The van der Waals surface area contributed by atoms with Crippen LogP contribution in [0.25, 0.3) is 0 Å². The lowest BCUT2D eigenvalue weighted by Crippen LogP contribution is -2.40. The molecule has 0 aliphatic carbocycles. The molecule has 1 atom stereocenters. The molecule has 0 radical (unpaired) electrons. The largest absolute Gasteiger partial charge is 0.493 e. The standard InChI is InChI=1S/C25H35N3O4.HI/c1-3-26-25(27-16-21-9-10-23(32-14-13-29)24(15-21)30-2)28-12-11-22(17-28)19-31-18-20-7-5-4-6-8-20;/h4-10,15,22,29H,3,11-14,16-19H2,1-2H3,(H,26,27);1H. The van der Waals surface area contributed by atoms with E-state index in [1.165, 1.54) is 5.56 Å². The summed E-state index contributed by atoms with van der Waals surface area (Å²) < 4.78 is 16.9. The Kier molecular flexibility index (Phi) is 12.3. The zero-order chi connectivity index (χ0) is 22.6. The maximum atomic E-state index is 8.96. The Balaban J connectivity index is 0.00000385. The lowest BCUT2D eigenvalue weighted by molar-refractivity contribution is 0.0906. The van der Waals surface area contributed by atoms with Crippen LogP contribution in [0.1, 0.15) is 24.5 Å². The molecule has 0 aromatic heterocycles. The van der Waals surface area contributed by atoms with Crippen LogP contribution >= 0.6 is 24.0 Å². The number of benzene rings is 2. The molecule has 1 heterocycles. The van der Waals surface area contributed by atoms with Gasteiger partial charge in [0.1, 0.15) is 6.61 Å². The van der Waals surface area contributed by atoms with Crippen molar-refractivity contribution in [2.75, 3.05) is 46.6 Å². The van der Waals surface area contributed by atoms with Crippen molar-refractivity contribution in [1.29, 1.82) is 0 Å². The maximum Gasteiger partial charge on any atom is 0.194 e. The van der Waals surface area contributed by atoms with E-state index < -0.39 is 0 Å². The van der Waals surface area contributed by atoms with E-state index in [2.05, 4.69) is 29.3 Å². The summed E-state index contributed by atoms with van der Waals surface area (Å²) in [5, 5.41) is 12.4. The molecule has 0 saturated carbocycles. The van der Waals surface area contributed by atoms with Crippen LogP contribution in [0.4, 0.5) is 0 Å². The Morgan fingerprint density at radius 3 is 2.70 bits per heavy atom. The summed E-state index contributed by atoms with van der Waals surface area (Å²) in [6.07, 6.45) is 1.10. The monoisotopic (exact) mass is 569 g/mol. The van der Waals surface area contributed by atoms with Gasteiger partial charge in [-0.25, -0.2) is 4.99 Å². The minimum atomic E-state index is -0.0324. The second-order valence-electron chi connectivity index (χ2n) is 7.83. The van der Waals surface area contributed by atoms with Crippen LogP contribution in [0, 0.1) is 5.92 Å². The summed E-state index contributed by atoms with van der Waals surface area (Å²) in [5.74, 6) is 2.70. The number of aliphatic hydroxyl groups excluding tert-OH is 1. The zero-order valence-electron chi connectivity index (χ0n) is 19.5. The number of hydrogen-bond acceptors (Lipinski definition) is 5. The first-order valence-electron chi connectivity index (χ1n) is 11.3. The van der Waals surface area contributed by atoms with Crippen LogP contribution in [-0.4, -0.2) is 62.5 Å². The molecule has 2 N–H and O–H groups in total. The Labute approximate surface area is 214 Å². The van der Waals surface area contributed by atoms with E-state index in [9.17, 15) is 0 Å². The lowest BCUT2D eigenvalue weighted by atomic mass is 10.1. The summed E-state index contributed by atoms with van der Waals surface area (Å²) in [6.45, 7) is 7.00. The molecule has 2 aromatic carbocycles. The third kappa shape index (κ3) is 8.68. The number of methoxy groups -OCH3 is 1. The fourth-order valence-electron chi connectivity index (χ4n) is 3.76. The normalized spacial score (nSPS) is 15.8. The van der Waals surface area contributed by atoms with Gasteiger partial charge in [-0.15, -0.1) is 24.0 Å². The average Bonchev–Trinajstić information content (AvgIpc) is 3.30. The van der Waals surface area contributed by atoms with E-state index in [-0.39, 0.29) is 37.2 Å². The van der Waals surface area contributed by atoms with Crippen LogP contribution in [0.2, 0.25) is 0 Å². The number of rotatable bonds is 11. The van der Waals surface area contributed by atoms with Gasteiger partial charge >= 0.3 is 0 Å². The second-order valence-corrected chi connectivity index (χ2v) is 7.83. The molecule has 0 amide bonds. The first kappa shape index (κ1) is 27.2. The van der Waals surface area contributed by atoms with E-state index in [1.54, 1.807) is 7.11 Å². The number of hydrogen-bond donors (Lipinski definition) is 2. The topological polar surface area (TPSA) is 75.6 Å². The first-order chi connectivity index (χ1) is 15.7. The van der Waals surface area contributed by atoms with Crippen molar-refractivity contribution in [3.8, 4) is 11.5 Å².